The zero-order valence-electron chi connectivity index (χ0n) is 15.3. The van der Waals surface area contributed by atoms with Gasteiger partial charge in [0.25, 0.3) is 5.91 Å². The van der Waals surface area contributed by atoms with E-state index in [2.05, 4.69) is 15.4 Å². The molecule has 0 aliphatic rings. The molecule has 5 nitrogen and oxygen atoms in total. The highest BCUT2D eigenvalue weighted by Crippen LogP contribution is 2.35. The quantitative estimate of drug-likeness (QED) is 0.458. The van der Waals surface area contributed by atoms with Crippen LogP contribution in [0.15, 0.2) is 54.7 Å². The SMILES string of the molecule is O=C(NCCc1cccc(Cl)c1)c1cnn(-c2nc3ccccc3s2)c1C(F)(F)F. The molecule has 4 rings (SSSR count). The average Bonchev–Trinajstić information content (AvgIpc) is 3.32. The zero-order valence-corrected chi connectivity index (χ0v) is 16.9. The van der Waals surface area contributed by atoms with Crippen molar-refractivity contribution in [3.05, 3.63) is 76.6 Å². The van der Waals surface area contributed by atoms with Gasteiger partial charge in [-0.2, -0.15) is 18.3 Å². The molecule has 2 aromatic heterocycles. The van der Waals surface area contributed by atoms with Gasteiger partial charge < -0.3 is 5.32 Å². The van der Waals surface area contributed by atoms with Gasteiger partial charge >= 0.3 is 6.18 Å². The summed E-state index contributed by atoms with van der Waals surface area (Å²) in [6.07, 6.45) is -3.43. The predicted octanol–water partition coefficient (Wildman–Crippen LogP) is 5.13. The van der Waals surface area contributed by atoms with Gasteiger partial charge in [-0.05, 0) is 36.2 Å². The number of carbonyl (C=O) groups is 1. The molecule has 10 heteroatoms. The molecule has 4 aromatic rings. The van der Waals surface area contributed by atoms with Gasteiger partial charge in [0.2, 0.25) is 5.13 Å². The number of amides is 1. The summed E-state index contributed by atoms with van der Waals surface area (Å²) in [4.78, 5) is 16.7. The first-order valence-corrected chi connectivity index (χ1v) is 10.1. The van der Waals surface area contributed by atoms with E-state index in [0.29, 0.717) is 21.6 Å². The maximum atomic E-state index is 13.8. The predicted molar refractivity (Wildman–Crippen MR) is 109 cm³/mol. The highest BCUT2D eigenvalue weighted by molar-refractivity contribution is 7.20. The molecule has 0 saturated heterocycles. The molecule has 0 saturated carbocycles. The van der Waals surface area contributed by atoms with Crippen LogP contribution in [0.5, 0.6) is 0 Å². The van der Waals surface area contributed by atoms with Crippen LogP contribution >= 0.6 is 22.9 Å². The van der Waals surface area contributed by atoms with E-state index in [0.717, 1.165) is 27.8 Å². The Labute approximate surface area is 178 Å². The van der Waals surface area contributed by atoms with E-state index in [1.54, 1.807) is 42.5 Å². The van der Waals surface area contributed by atoms with E-state index in [1.165, 1.54) is 0 Å². The smallest absolute Gasteiger partial charge is 0.352 e. The minimum Gasteiger partial charge on any atom is -0.352 e. The van der Waals surface area contributed by atoms with Crippen LogP contribution in [0.25, 0.3) is 15.3 Å². The molecule has 0 aliphatic heterocycles. The third-order valence-corrected chi connectivity index (χ3v) is 5.58. The lowest BCUT2D eigenvalue weighted by molar-refractivity contribution is -0.143. The monoisotopic (exact) mass is 450 g/mol. The molecular weight excluding hydrogens is 437 g/mol. The van der Waals surface area contributed by atoms with Crippen LogP contribution in [0.2, 0.25) is 5.02 Å². The fourth-order valence-corrected chi connectivity index (χ4v) is 4.13. The van der Waals surface area contributed by atoms with Crippen molar-refractivity contribution < 1.29 is 18.0 Å². The number of carbonyl (C=O) groups excluding carboxylic acids is 1. The summed E-state index contributed by atoms with van der Waals surface area (Å²) >= 11 is 6.98. The molecule has 1 amide bonds. The summed E-state index contributed by atoms with van der Waals surface area (Å²) in [7, 11) is 0. The largest absolute Gasteiger partial charge is 0.434 e. The maximum absolute atomic E-state index is 13.8. The molecule has 0 bridgehead atoms. The van der Waals surface area contributed by atoms with E-state index < -0.39 is 23.3 Å². The van der Waals surface area contributed by atoms with Crippen molar-refractivity contribution in [2.24, 2.45) is 0 Å². The first-order valence-electron chi connectivity index (χ1n) is 8.87. The molecule has 0 aliphatic carbocycles. The van der Waals surface area contributed by atoms with Crippen LogP contribution in [-0.4, -0.2) is 27.2 Å². The lowest BCUT2D eigenvalue weighted by atomic mass is 10.1. The molecule has 2 heterocycles. The molecule has 0 fully saturated rings. The van der Waals surface area contributed by atoms with Crippen molar-refractivity contribution >= 4 is 39.1 Å². The van der Waals surface area contributed by atoms with Gasteiger partial charge in [-0.25, -0.2) is 9.67 Å². The van der Waals surface area contributed by atoms with Crippen LogP contribution in [0.1, 0.15) is 21.6 Å². The fourth-order valence-electron chi connectivity index (χ4n) is 2.99. The third kappa shape index (κ3) is 4.17. The normalized spacial score (nSPS) is 11.7. The molecular formula is C20H14ClF3N4OS. The van der Waals surface area contributed by atoms with Gasteiger partial charge in [0.15, 0.2) is 5.69 Å². The van der Waals surface area contributed by atoms with Gasteiger partial charge in [-0.3, -0.25) is 4.79 Å². The first-order chi connectivity index (χ1) is 14.3. The third-order valence-electron chi connectivity index (χ3n) is 4.33. The van der Waals surface area contributed by atoms with Crippen molar-refractivity contribution in [3.63, 3.8) is 0 Å². The van der Waals surface area contributed by atoms with Gasteiger partial charge in [0.05, 0.1) is 22.0 Å². The maximum Gasteiger partial charge on any atom is 0.434 e. The highest BCUT2D eigenvalue weighted by Gasteiger charge is 2.41. The Bertz CT molecular complexity index is 1190. The standard InChI is InChI=1S/C20H14ClF3N4OS/c21-13-5-3-4-12(10-13)8-9-25-18(29)14-11-26-28(17(14)20(22,23)24)19-27-15-6-1-2-7-16(15)30-19/h1-7,10-11H,8-9H2,(H,25,29). The number of hydrogen-bond donors (Lipinski definition) is 1. The Hall–Kier alpha value is -2.91. The summed E-state index contributed by atoms with van der Waals surface area (Å²) in [5.74, 6) is -0.850. The lowest BCUT2D eigenvalue weighted by Crippen LogP contribution is -2.28. The van der Waals surface area contributed by atoms with Gasteiger partial charge in [0, 0.05) is 11.6 Å². The van der Waals surface area contributed by atoms with E-state index in [-0.39, 0.29) is 11.7 Å². The van der Waals surface area contributed by atoms with Crippen molar-refractivity contribution in [3.8, 4) is 5.13 Å². The number of halogens is 4. The minimum atomic E-state index is -4.78. The Morgan fingerprint density at radius 1 is 1.17 bits per heavy atom. The minimum absolute atomic E-state index is 0.0431. The first kappa shape index (κ1) is 20.4. The van der Waals surface area contributed by atoms with E-state index in [9.17, 15) is 18.0 Å². The molecule has 30 heavy (non-hydrogen) atoms. The highest BCUT2D eigenvalue weighted by atomic mass is 35.5. The Kier molecular flexibility index (Phi) is 5.48. The van der Waals surface area contributed by atoms with Crippen LogP contribution in [-0.2, 0) is 12.6 Å². The topological polar surface area (TPSA) is 59.8 Å². The Balaban J connectivity index is 1.59. The number of fused-ring (bicyclic) bond motifs is 1. The number of alkyl halides is 3. The van der Waals surface area contributed by atoms with Gasteiger partial charge in [0.1, 0.15) is 0 Å². The summed E-state index contributed by atoms with van der Waals surface area (Å²) in [5, 5.41) is 6.93. The second-order valence-corrected chi connectivity index (χ2v) is 7.86. The molecule has 0 unspecified atom stereocenters. The molecule has 1 N–H and O–H groups in total. The van der Waals surface area contributed by atoms with Crippen molar-refractivity contribution in [1.82, 2.24) is 20.1 Å². The number of benzene rings is 2. The molecule has 0 spiro atoms. The second kappa shape index (κ2) is 8.08. The summed E-state index contributed by atoms with van der Waals surface area (Å²) in [6, 6.07) is 14.0. The molecule has 154 valence electrons. The van der Waals surface area contributed by atoms with Gasteiger partial charge in [-0.1, -0.05) is 47.2 Å². The van der Waals surface area contributed by atoms with Crippen LogP contribution in [0, 0.1) is 0 Å². The zero-order chi connectivity index (χ0) is 21.3. The van der Waals surface area contributed by atoms with Crippen molar-refractivity contribution in [2.45, 2.75) is 12.6 Å². The summed E-state index contributed by atoms with van der Waals surface area (Å²) in [6.45, 7) is 0.156. The molecule has 2 aromatic carbocycles. The molecule has 0 radical (unpaired) electrons. The number of thiazole rings is 1. The van der Waals surface area contributed by atoms with Crippen molar-refractivity contribution in [2.75, 3.05) is 6.54 Å². The average molecular weight is 451 g/mol. The number of nitrogens with zero attached hydrogens (tertiary/aromatic N) is 3. The van der Waals surface area contributed by atoms with Crippen molar-refractivity contribution in [1.29, 1.82) is 0 Å². The summed E-state index contributed by atoms with van der Waals surface area (Å²) < 4.78 is 42.8. The number of hydrogen-bond acceptors (Lipinski definition) is 4. The Morgan fingerprint density at radius 3 is 2.70 bits per heavy atom. The van der Waals surface area contributed by atoms with Gasteiger partial charge in [-0.15, -0.1) is 0 Å². The number of nitrogens with one attached hydrogen (secondary N) is 1. The lowest BCUT2D eigenvalue weighted by Gasteiger charge is -2.11. The number of rotatable bonds is 5. The van der Waals surface area contributed by atoms with Crippen LogP contribution in [0.3, 0.4) is 0 Å². The van der Waals surface area contributed by atoms with E-state index in [4.69, 9.17) is 11.6 Å². The summed E-state index contributed by atoms with van der Waals surface area (Å²) in [5.41, 5.74) is -0.271. The number of aromatic nitrogens is 3. The van der Waals surface area contributed by atoms with E-state index in [1.807, 2.05) is 6.07 Å². The van der Waals surface area contributed by atoms with Crippen LogP contribution in [0.4, 0.5) is 13.2 Å². The van der Waals surface area contributed by atoms with E-state index >= 15 is 0 Å². The second-order valence-electron chi connectivity index (χ2n) is 6.42. The molecule has 0 atom stereocenters. The fraction of sp³-hybridized carbons (Fsp3) is 0.150. The Morgan fingerprint density at radius 2 is 1.97 bits per heavy atom. The van der Waals surface area contributed by atoms with Crippen LogP contribution < -0.4 is 5.32 Å². The number of para-hydroxylation sites is 1.